The van der Waals surface area contributed by atoms with Crippen LogP contribution in [0.15, 0.2) is 24.5 Å². The first-order valence-electron chi connectivity index (χ1n) is 6.03. The van der Waals surface area contributed by atoms with E-state index in [1.165, 1.54) is 0 Å². The average Bonchev–Trinajstić information content (AvgIpc) is 2.25. The van der Waals surface area contributed by atoms with Crippen molar-refractivity contribution in [1.29, 1.82) is 0 Å². The van der Waals surface area contributed by atoms with Crippen LogP contribution in [0.5, 0.6) is 0 Å². The number of aromatic nitrogens is 1. The van der Waals surface area contributed by atoms with Crippen LogP contribution in [0.3, 0.4) is 0 Å². The van der Waals surface area contributed by atoms with E-state index in [0.717, 1.165) is 5.56 Å². The Kier molecular flexibility index (Phi) is 4.27. The maximum atomic E-state index is 12.0. The van der Waals surface area contributed by atoms with Gasteiger partial charge >= 0.3 is 0 Å². The highest BCUT2D eigenvalue weighted by molar-refractivity contribution is 5.81. The molecule has 0 radical (unpaired) electrons. The Balaban J connectivity index is 2.86. The zero-order valence-electron chi connectivity index (χ0n) is 11.3. The second-order valence-corrected chi connectivity index (χ2v) is 5.73. The van der Waals surface area contributed by atoms with E-state index in [0.29, 0.717) is 5.92 Å². The fourth-order valence-electron chi connectivity index (χ4n) is 1.55. The molecule has 1 N–H and O–H groups in total. The predicted octanol–water partition coefficient (Wildman–Crippen LogP) is 2.94. The summed E-state index contributed by atoms with van der Waals surface area (Å²) in [6.45, 7) is 9.95. The van der Waals surface area contributed by atoms with E-state index >= 15 is 0 Å². The molecule has 3 heteroatoms. The number of pyridine rings is 1. The average molecular weight is 234 g/mol. The van der Waals surface area contributed by atoms with Crippen LogP contribution in [0.1, 0.15) is 46.2 Å². The van der Waals surface area contributed by atoms with Crippen LogP contribution >= 0.6 is 0 Å². The molecule has 3 nitrogen and oxygen atoms in total. The lowest BCUT2D eigenvalue weighted by Gasteiger charge is -2.27. The minimum Gasteiger partial charge on any atom is -0.349 e. The largest absolute Gasteiger partial charge is 0.349 e. The lowest BCUT2D eigenvalue weighted by Crippen LogP contribution is -2.39. The molecule has 1 rings (SSSR count). The molecule has 1 aromatic heterocycles. The van der Waals surface area contributed by atoms with Crippen molar-refractivity contribution in [2.45, 2.75) is 40.7 Å². The molecular formula is C14H22N2O. The van der Waals surface area contributed by atoms with Gasteiger partial charge in [-0.1, -0.05) is 40.7 Å². The molecule has 0 fully saturated rings. The number of nitrogens with one attached hydrogen (secondary N) is 1. The quantitative estimate of drug-likeness (QED) is 0.873. The Hall–Kier alpha value is -1.38. The molecule has 0 aliphatic carbocycles. The summed E-state index contributed by atoms with van der Waals surface area (Å²) < 4.78 is 0. The maximum Gasteiger partial charge on any atom is 0.225 e. The van der Waals surface area contributed by atoms with Gasteiger partial charge in [-0.25, -0.2) is 0 Å². The van der Waals surface area contributed by atoms with E-state index in [9.17, 15) is 4.79 Å². The third-order valence-electron chi connectivity index (χ3n) is 2.68. The van der Waals surface area contributed by atoms with Crippen molar-refractivity contribution >= 4 is 5.91 Å². The highest BCUT2D eigenvalue weighted by Gasteiger charge is 2.26. The highest BCUT2D eigenvalue weighted by atomic mass is 16.2. The number of amides is 1. The van der Waals surface area contributed by atoms with Gasteiger partial charge in [0, 0.05) is 17.8 Å². The first-order chi connectivity index (χ1) is 7.82. The van der Waals surface area contributed by atoms with Gasteiger partial charge in [-0.15, -0.1) is 0 Å². The van der Waals surface area contributed by atoms with E-state index in [4.69, 9.17) is 0 Å². The first-order valence-corrected chi connectivity index (χ1v) is 6.03. The molecule has 0 aromatic carbocycles. The third kappa shape index (κ3) is 3.84. The summed E-state index contributed by atoms with van der Waals surface area (Å²) in [5.41, 5.74) is 0.690. The van der Waals surface area contributed by atoms with Crippen molar-refractivity contribution in [3.8, 4) is 0 Å². The van der Waals surface area contributed by atoms with Crippen LogP contribution in [-0.4, -0.2) is 10.9 Å². The molecule has 94 valence electrons. The van der Waals surface area contributed by atoms with Gasteiger partial charge in [0.2, 0.25) is 5.91 Å². The van der Waals surface area contributed by atoms with Crippen LogP contribution in [0.2, 0.25) is 0 Å². The van der Waals surface area contributed by atoms with Crippen LogP contribution < -0.4 is 5.32 Å². The summed E-state index contributed by atoms with van der Waals surface area (Å²) in [6, 6.07) is 3.92. The second-order valence-electron chi connectivity index (χ2n) is 5.73. The molecule has 1 heterocycles. The Morgan fingerprint density at radius 2 is 2.00 bits per heavy atom. The molecule has 0 saturated carbocycles. The number of hydrogen-bond acceptors (Lipinski definition) is 2. The lowest BCUT2D eigenvalue weighted by atomic mass is 9.92. The molecule has 0 bridgehead atoms. The summed E-state index contributed by atoms with van der Waals surface area (Å²) in [7, 11) is 0. The third-order valence-corrected chi connectivity index (χ3v) is 2.68. The number of hydrogen-bond donors (Lipinski definition) is 1. The lowest BCUT2D eigenvalue weighted by molar-refractivity contribution is -0.129. The number of carbonyl (C=O) groups excluding carboxylic acids is 1. The Labute approximate surface area is 104 Å². The van der Waals surface area contributed by atoms with Crippen molar-refractivity contribution in [1.82, 2.24) is 10.3 Å². The van der Waals surface area contributed by atoms with Crippen molar-refractivity contribution in [2.24, 2.45) is 11.3 Å². The van der Waals surface area contributed by atoms with Crippen LogP contribution in [0.4, 0.5) is 0 Å². The second kappa shape index (κ2) is 5.30. The van der Waals surface area contributed by atoms with Gasteiger partial charge in [0.05, 0.1) is 6.04 Å². The van der Waals surface area contributed by atoms with Gasteiger partial charge in [-0.3, -0.25) is 9.78 Å². The number of nitrogens with zero attached hydrogens (tertiary/aromatic N) is 1. The van der Waals surface area contributed by atoms with Gasteiger partial charge in [0.1, 0.15) is 0 Å². The van der Waals surface area contributed by atoms with E-state index in [1.54, 1.807) is 6.20 Å². The molecular weight excluding hydrogens is 212 g/mol. The minimum atomic E-state index is -0.366. The topological polar surface area (TPSA) is 42.0 Å². The Morgan fingerprint density at radius 1 is 1.35 bits per heavy atom. The van der Waals surface area contributed by atoms with Gasteiger partial charge < -0.3 is 5.32 Å². The van der Waals surface area contributed by atoms with E-state index in [1.807, 2.05) is 39.1 Å². The maximum absolute atomic E-state index is 12.0. The Bertz CT molecular complexity index is 366. The van der Waals surface area contributed by atoms with Crippen molar-refractivity contribution in [3.63, 3.8) is 0 Å². The molecule has 17 heavy (non-hydrogen) atoms. The zero-order chi connectivity index (χ0) is 13.1. The van der Waals surface area contributed by atoms with Crippen LogP contribution in [0.25, 0.3) is 0 Å². The number of carbonyl (C=O) groups is 1. The van der Waals surface area contributed by atoms with E-state index in [2.05, 4.69) is 24.1 Å². The van der Waals surface area contributed by atoms with E-state index in [-0.39, 0.29) is 17.4 Å². The van der Waals surface area contributed by atoms with Gasteiger partial charge in [-0.05, 0) is 17.5 Å². The molecule has 1 atom stereocenters. The normalized spacial score (nSPS) is 13.5. The zero-order valence-corrected chi connectivity index (χ0v) is 11.3. The van der Waals surface area contributed by atoms with Crippen molar-refractivity contribution < 1.29 is 4.79 Å². The molecule has 0 unspecified atom stereocenters. The van der Waals surface area contributed by atoms with Crippen LogP contribution in [-0.2, 0) is 4.79 Å². The van der Waals surface area contributed by atoms with Crippen molar-refractivity contribution in [3.05, 3.63) is 30.1 Å². The Morgan fingerprint density at radius 3 is 2.41 bits per heavy atom. The molecule has 0 aliphatic rings. The van der Waals surface area contributed by atoms with Crippen molar-refractivity contribution in [2.75, 3.05) is 0 Å². The monoisotopic (exact) mass is 234 g/mol. The molecule has 0 spiro atoms. The SMILES string of the molecule is CC(C)[C@@H](NC(=O)C(C)(C)C)c1cccnc1. The minimum absolute atomic E-state index is 0.0235. The smallest absolute Gasteiger partial charge is 0.225 e. The standard InChI is InChI=1S/C14H22N2O/c1-10(2)12(11-7-6-8-15-9-11)16-13(17)14(3,4)5/h6-10,12H,1-5H3,(H,16,17)/t12-/m1/s1. The summed E-state index contributed by atoms with van der Waals surface area (Å²) in [5.74, 6) is 0.408. The van der Waals surface area contributed by atoms with Gasteiger partial charge in [-0.2, -0.15) is 0 Å². The fourth-order valence-corrected chi connectivity index (χ4v) is 1.55. The first kappa shape index (κ1) is 13.7. The number of rotatable bonds is 3. The molecule has 1 aromatic rings. The van der Waals surface area contributed by atoms with Gasteiger partial charge in [0.25, 0.3) is 0 Å². The summed E-state index contributed by atoms with van der Waals surface area (Å²) in [4.78, 5) is 16.1. The predicted molar refractivity (Wildman–Crippen MR) is 69.4 cm³/mol. The summed E-state index contributed by atoms with van der Waals surface area (Å²) in [5, 5.41) is 3.09. The van der Waals surface area contributed by atoms with Crippen LogP contribution in [0, 0.1) is 11.3 Å². The van der Waals surface area contributed by atoms with E-state index < -0.39 is 0 Å². The summed E-state index contributed by atoms with van der Waals surface area (Å²) >= 11 is 0. The summed E-state index contributed by atoms with van der Waals surface area (Å²) in [6.07, 6.45) is 3.56. The molecule has 0 saturated heterocycles. The molecule has 1 amide bonds. The van der Waals surface area contributed by atoms with Gasteiger partial charge in [0.15, 0.2) is 0 Å². The highest BCUT2D eigenvalue weighted by Crippen LogP contribution is 2.23. The molecule has 0 aliphatic heterocycles. The fraction of sp³-hybridized carbons (Fsp3) is 0.571.